The van der Waals surface area contributed by atoms with Gasteiger partial charge in [0.15, 0.2) is 0 Å². The topological polar surface area (TPSA) is 99.3 Å². The zero-order valence-electron chi connectivity index (χ0n) is 16.3. The fraction of sp³-hybridized carbons (Fsp3) is 0.286. The standard InChI is InChI=1S/C21H26N4O3/c1-14(2)19(25-18(26)12-15-8-5-4-6-9-15)20(27)23-16-10-7-11-17(13-16)24-21(28)22-3/h4-11,13-14,19H,12H2,1-3H3,(H,23,27)(H,25,26)(H2,22,24,28). The first-order valence-corrected chi connectivity index (χ1v) is 9.12. The summed E-state index contributed by atoms with van der Waals surface area (Å²) in [6, 6.07) is 15.1. The molecule has 1 atom stereocenters. The van der Waals surface area contributed by atoms with Crippen LogP contribution in [0.2, 0.25) is 0 Å². The molecule has 2 aromatic carbocycles. The van der Waals surface area contributed by atoms with E-state index in [0.717, 1.165) is 5.56 Å². The SMILES string of the molecule is CNC(=O)Nc1cccc(NC(=O)C(NC(=O)Cc2ccccc2)C(C)C)c1. The van der Waals surface area contributed by atoms with Crippen molar-refractivity contribution in [2.45, 2.75) is 26.3 Å². The highest BCUT2D eigenvalue weighted by Gasteiger charge is 2.24. The van der Waals surface area contributed by atoms with Gasteiger partial charge in [0, 0.05) is 18.4 Å². The lowest BCUT2D eigenvalue weighted by Gasteiger charge is -2.22. The van der Waals surface area contributed by atoms with Crippen LogP contribution >= 0.6 is 0 Å². The van der Waals surface area contributed by atoms with Crippen molar-refractivity contribution in [1.29, 1.82) is 0 Å². The molecule has 7 heteroatoms. The second-order valence-corrected chi connectivity index (χ2v) is 6.73. The van der Waals surface area contributed by atoms with Gasteiger partial charge in [0.25, 0.3) is 0 Å². The number of hydrogen-bond acceptors (Lipinski definition) is 3. The predicted molar refractivity (Wildman–Crippen MR) is 110 cm³/mol. The molecule has 1 unspecified atom stereocenters. The Balaban J connectivity index is 2.01. The number of anilines is 2. The van der Waals surface area contributed by atoms with Gasteiger partial charge in [-0.1, -0.05) is 50.2 Å². The largest absolute Gasteiger partial charge is 0.344 e. The summed E-state index contributed by atoms with van der Waals surface area (Å²) >= 11 is 0. The number of carbonyl (C=O) groups is 3. The molecule has 0 saturated carbocycles. The summed E-state index contributed by atoms with van der Waals surface area (Å²) in [7, 11) is 1.52. The number of benzene rings is 2. The Morgan fingerprint density at radius 1 is 0.893 bits per heavy atom. The van der Waals surface area contributed by atoms with Gasteiger partial charge in [-0.2, -0.15) is 0 Å². The third-order valence-electron chi connectivity index (χ3n) is 4.09. The minimum atomic E-state index is -0.674. The Morgan fingerprint density at radius 2 is 1.54 bits per heavy atom. The fourth-order valence-electron chi connectivity index (χ4n) is 2.63. The highest BCUT2D eigenvalue weighted by molar-refractivity contribution is 5.98. The molecule has 0 aliphatic rings. The Bertz CT molecular complexity index is 821. The molecule has 0 saturated heterocycles. The van der Waals surface area contributed by atoms with Crippen molar-refractivity contribution in [3.63, 3.8) is 0 Å². The molecule has 2 aromatic rings. The molecule has 0 aromatic heterocycles. The molecular formula is C21H26N4O3. The minimum Gasteiger partial charge on any atom is -0.344 e. The van der Waals surface area contributed by atoms with E-state index in [9.17, 15) is 14.4 Å². The van der Waals surface area contributed by atoms with Crippen LogP contribution in [-0.2, 0) is 16.0 Å². The Hall–Kier alpha value is -3.35. The predicted octanol–water partition coefficient (Wildman–Crippen LogP) is 2.76. The summed E-state index contributed by atoms with van der Waals surface area (Å²) in [6.07, 6.45) is 0.211. The first-order valence-electron chi connectivity index (χ1n) is 9.12. The van der Waals surface area contributed by atoms with Crippen LogP contribution in [0.3, 0.4) is 0 Å². The molecule has 0 aliphatic heterocycles. The van der Waals surface area contributed by atoms with Crippen molar-refractivity contribution in [2.24, 2.45) is 5.92 Å². The summed E-state index contributed by atoms with van der Waals surface area (Å²) in [6.45, 7) is 3.74. The Labute approximate surface area is 164 Å². The van der Waals surface area contributed by atoms with E-state index in [1.165, 1.54) is 7.05 Å². The van der Waals surface area contributed by atoms with Crippen LogP contribution in [0.4, 0.5) is 16.2 Å². The van der Waals surface area contributed by atoms with E-state index in [4.69, 9.17) is 0 Å². The molecule has 0 radical (unpaired) electrons. The maximum atomic E-state index is 12.7. The number of rotatable bonds is 7. The highest BCUT2D eigenvalue weighted by atomic mass is 16.2. The van der Waals surface area contributed by atoms with E-state index in [0.29, 0.717) is 11.4 Å². The molecule has 0 spiro atoms. The lowest BCUT2D eigenvalue weighted by atomic mass is 10.0. The van der Waals surface area contributed by atoms with Crippen LogP contribution < -0.4 is 21.3 Å². The molecule has 4 amide bonds. The van der Waals surface area contributed by atoms with E-state index >= 15 is 0 Å². The Morgan fingerprint density at radius 3 is 2.14 bits per heavy atom. The first-order chi connectivity index (χ1) is 13.4. The van der Waals surface area contributed by atoms with Gasteiger partial charge in [0.05, 0.1) is 6.42 Å². The maximum absolute atomic E-state index is 12.7. The molecule has 2 rings (SSSR count). The number of carbonyl (C=O) groups excluding carboxylic acids is 3. The van der Waals surface area contributed by atoms with Crippen LogP contribution in [0.15, 0.2) is 54.6 Å². The van der Waals surface area contributed by atoms with Crippen LogP contribution in [-0.4, -0.2) is 30.9 Å². The molecule has 0 aliphatic carbocycles. The van der Waals surface area contributed by atoms with E-state index in [-0.39, 0.29) is 30.2 Å². The van der Waals surface area contributed by atoms with Crippen LogP contribution in [0.25, 0.3) is 0 Å². The summed E-state index contributed by atoms with van der Waals surface area (Å²) in [5.41, 5.74) is 1.96. The average molecular weight is 382 g/mol. The second-order valence-electron chi connectivity index (χ2n) is 6.73. The maximum Gasteiger partial charge on any atom is 0.318 e. The van der Waals surface area contributed by atoms with Crippen molar-refractivity contribution in [3.05, 3.63) is 60.2 Å². The molecule has 4 N–H and O–H groups in total. The van der Waals surface area contributed by atoms with E-state index in [1.807, 2.05) is 44.2 Å². The van der Waals surface area contributed by atoms with E-state index in [1.54, 1.807) is 24.3 Å². The zero-order valence-corrected chi connectivity index (χ0v) is 16.3. The van der Waals surface area contributed by atoms with Crippen LogP contribution in [0, 0.1) is 5.92 Å². The summed E-state index contributed by atoms with van der Waals surface area (Å²) in [5, 5.41) is 10.7. The van der Waals surface area contributed by atoms with Gasteiger partial charge >= 0.3 is 6.03 Å². The number of amides is 4. The normalized spacial score (nSPS) is 11.4. The van der Waals surface area contributed by atoms with Crippen molar-refractivity contribution in [1.82, 2.24) is 10.6 Å². The number of hydrogen-bond donors (Lipinski definition) is 4. The minimum absolute atomic E-state index is 0.0908. The summed E-state index contributed by atoms with van der Waals surface area (Å²) in [5.74, 6) is -0.615. The molecule has 0 bridgehead atoms. The van der Waals surface area contributed by atoms with Crippen LogP contribution in [0.5, 0.6) is 0 Å². The summed E-state index contributed by atoms with van der Waals surface area (Å²) < 4.78 is 0. The van der Waals surface area contributed by atoms with E-state index < -0.39 is 6.04 Å². The van der Waals surface area contributed by atoms with E-state index in [2.05, 4.69) is 21.3 Å². The van der Waals surface area contributed by atoms with Gasteiger partial charge in [0.1, 0.15) is 6.04 Å². The van der Waals surface area contributed by atoms with Crippen molar-refractivity contribution >= 4 is 29.2 Å². The monoisotopic (exact) mass is 382 g/mol. The average Bonchev–Trinajstić information content (AvgIpc) is 2.66. The first kappa shape index (κ1) is 21.0. The van der Waals surface area contributed by atoms with Crippen molar-refractivity contribution in [3.8, 4) is 0 Å². The Kier molecular flexibility index (Phi) is 7.56. The number of urea groups is 1. The quantitative estimate of drug-likeness (QED) is 0.592. The number of nitrogens with one attached hydrogen (secondary N) is 4. The van der Waals surface area contributed by atoms with Gasteiger partial charge in [-0.05, 0) is 29.7 Å². The lowest BCUT2D eigenvalue weighted by Crippen LogP contribution is -2.47. The highest BCUT2D eigenvalue weighted by Crippen LogP contribution is 2.16. The zero-order chi connectivity index (χ0) is 20.5. The third-order valence-corrected chi connectivity index (χ3v) is 4.09. The van der Waals surface area contributed by atoms with Gasteiger partial charge in [-0.25, -0.2) is 4.79 Å². The fourth-order valence-corrected chi connectivity index (χ4v) is 2.63. The van der Waals surface area contributed by atoms with Gasteiger partial charge in [-0.15, -0.1) is 0 Å². The molecule has 148 valence electrons. The van der Waals surface area contributed by atoms with Gasteiger partial charge in [0.2, 0.25) is 11.8 Å². The van der Waals surface area contributed by atoms with Crippen molar-refractivity contribution < 1.29 is 14.4 Å². The molecule has 28 heavy (non-hydrogen) atoms. The lowest BCUT2D eigenvalue weighted by molar-refractivity contribution is -0.127. The molecule has 0 heterocycles. The van der Waals surface area contributed by atoms with Gasteiger partial charge in [-0.3, -0.25) is 9.59 Å². The third kappa shape index (κ3) is 6.42. The van der Waals surface area contributed by atoms with Gasteiger partial charge < -0.3 is 21.3 Å². The smallest absolute Gasteiger partial charge is 0.318 e. The van der Waals surface area contributed by atoms with Crippen LogP contribution in [0.1, 0.15) is 19.4 Å². The molecular weight excluding hydrogens is 356 g/mol. The molecule has 0 fully saturated rings. The second kappa shape index (κ2) is 10.1. The molecule has 7 nitrogen and oxygen atoms in total. The van der Waals surface area contributed by atoms with Crippen molar-refractivity contribution in [2.75, 3.05) is 17.7 Å². The summed E-state index contributed by atoms with van der Waals surface area (Å²) in [4.78, 5) is 36.5.